The minimum Gasteiger partial charge on any atom is -0.481 e. The van der Waals surface area contributed by atoms with E-state index >= 15 is 0 Å². The fraction of sp³-hybridized carbons (Fsp3) is 0.714. The van der Waals surface area contributed by atoms with E-state index in [2.05, 4.69) is 16.9 Å². The van der Waals surface area contributed by atoms with Crippen LogP contribution in [0.3, 0.4) is 0 Å². The topological polar surface area (TPSA) is 55.2 Å². The molecule has 1 heterocycles. The number of hydrogen-bond donors (Lipinski definition) is 1. The number of aliphatic hydroxyl groups is 1. The number of aliphatic hydroxyl groups excluding tert-OH is 1. The maximum absolute atomic E-state index is 10.00. The summed E-state index contributed by atoms with van der Waals surface area (Å²) in [5, 5.41) is 10.00. The van der Waals surface area contributed by atoms with Crippen LogP contribution in [0.15, 0.2) is 12.4 Å². The van der Waals surface area contributed by atoms with E-state index < -0.39 is 6.10 Å². The van der Waals surface area contributed by atoms with Gasteiger partial charge in [0, 0.05) is 6.07 Å². The molecule has 1 unspecified atom stereocenters. The third-order valence-corrected chi connectivity index (χ3v) is 3.04. The van der Waals surface area contributed by atoms with Crippen LogP contribution in [-0.2, 0) is 0 Å². The molecule has 0 spiro atoms. The van der Waals surface area contributed by atoms with E-state index in [0.29, 0.717) is 11.6 Å². The molecule has 0 aliphatic heterocycles. The van der Waals surface area contributed by atoms with Gasteiger partial charge in [0.1, 0.15) is 6.33 Å². The maximum atomic E-state index is 10.00. The van der Waals surface area contributed by atoms with Crippen LogP contribution >= 0.6 is 0 Å². The van der Waals surface area contributed by atoms with Crippen molar-refractivity contribution in [2.24, 2.45) is 0 Å². The van der Waals surface area contributed by atoms with Gasteiger partial charge in [0.25, 0.3) is 0 Å². The van der Waals surface area contributed by atoms with E-state index in [1.54, 1.807) is 13.2 Å². The molecule has 4 nitrogen and oxygen atoms in total. The Hall–Kier alpha value is -1.16. The fourth-order valence-corrected chi connectivity index (χ4v) is 1.91. The molecule has 4 heteroatoms. The molecule has 0 aliphatic rings. The van der Waals surface area contributed by atoms with Crippen molar-refractivity contribution < 1.29 is 9.84 Å². The van der Waals surface area contributed by atoms with Gasteiger partial charge in [0.05, 0.1) is 18.9 Å². The molecule has 1 aromatic rings. The van der Waals surface area contributed by atoms with Gasteiger partial charge < -0.3 is 9.84 Å². The van der Waals surface area contributed by atoms with Gasteiger partial charge in [-0.2, -0.15) is 0 Å². The highest BCUT2D eigenvalue weighted by atomic mass is 16.5. The molecule has 0 radical (unpaired) electrons. The zero-order chi connectivity index (χ0) is 13.2. The molecule has 18 heavy (non-hydrogen) atoms. The Kier molecular flexibility index (Phi) is 7.34. The van der Waals surface area contributed by atoms with E-state index in [4.69, 9.17) is 4.74 Å². The first-order chi connectivity index (χ1) is 8.77. The molecule has 0 aliphatic carbocycles. The normalized spacial score (nSPS) is 12.4. The molecule has 0 aromatic carbocycles. The van der Waals surface area contributed by atoms with E-state index in [1.165, 1.54) is 38.4 Å². The summed E-state index contributed by atoms with van der Waals surface area (Å²) >= 11 is 0. The summed E-state index contributed by atoms with van der Waals surface area (Å²) in [5.41, 5.74) is 0.649. The quantitative estimate of drug-likeness (QED) is 0.685. The van der Waals surface area contributed by atoms with Crippen molar-refractivity contribution in [1.29, 1.82) is 0 Å². The van der Waals surface area contributed by atoms with Gasteiger partial charge in [0.15, 0.2) is 0 Å². The monoisotopic (exact) mass is 252 g/mol. The second kappa shape index (κ2) is 8.86. The Morgan fingerprint density at radius 3 is 2.61 bits per heavy atom. The summed E-state index contributed by atoms with van der Waals surface area (Å²) in [6, 6.07) is 1.70. The van der Waals surface area contributed by atoms with Gasteiger partial charge in [-0.3, -0.25) is 0 Å². The van der Waals surface area contributed by atoms with Crippen molar-refractivity contribution in [3.05, 3.63) is 18.1 Å². The largest absolute Gasteiger partial charge is 0.481 e. The van der Waals surface area contributed by atoms with E-state index in [9.17, 15) is 5.11 Å². The number of methoxy groups -OCH3 is 1. The first-order valence-electron chi connectivity index (χ1n) is 6.82. The first kappa shape index (κ1) is 14.9. The summed E-state index contributed by atoms with van der Waals surface area (Å²) < 4.78 is 5.01. The molecule has 0 bridgehead atoms. The lowest BCUT2D eigenvalue weighted by molar-refractivity contribution is 0.158. The number of unbranched alkanes of at least 4 members (excludes halogenated alkanes) is 5. The van der Waals surface area contributed by atoms with Crippen LogP contribution in [0.25, 0.3) is 0 Å². The van der Waals surface area contributed by atoms with Crippen molar-refractivity contribution in [3.63, 3.8) is 0 Å². The molecule has 1 rings (SSSR count). The minimum absolute atomic E-state index is 0.502. The van der Waals surface area contributed by atoms with Crippen LogP contribution in [-0.4, -0.2) is 22.2 Å². The number of hydrogen-bond acceptors (Lipinski definition) is 4. The van der Waals surface area contributed by atoms with Crippen LogP contribution in [0.4, 0.5) is 0 Å². The fourth-order valence-electron chi connectivity index (χ4n) is 1.91. The second-order valence-corrected chi connectivity index (χ2v) is 4.56. The van der Waals surface area contributed by atoms with Gasteiger partial charge >= 0.3 is 0 Å². The lowest BCUT2D eigenvalue weighted by atomic mass is 10.1. The Morgan fingerprint density at radius 1 is 1.17 bits per heavy atom. The Labute approximate surface area is 109 Å². The lowest BCUT2D eigenvalue weighted by Crippen LogP contribution is -2.02. The van der Waals surface area contributed by atoms with Crippen LogP contribution < -0.4 is 4.74 Å². The predicted octanol–water partition coefficient (Wildman–Crippen LogP) is 3.27. The molecule has 1 atom stereocenters. The Morgan fingerprint density at radius 2 is 1.89 bits per heavy atom. The third-order valence-electron chi connectivity index (χ3n) is 3.04. The van der Waals surface area contributed by atoms with Gasteiger partial charge in [-0.15, -0.1) is 0 Å². The average Bonchev–Trinajstić information content (AvgIpc) is 2.42. The molecular formula is C14H24N2O2. The van der Waals surface area contributed by atoms with Crippen molar-refractivity contribution in [1.82, 2.24) is 9.97 Å². The van der Waals surface area contributed by atoms with Crippen molar-refractivity contribution >= 4 is 0 Å². The van der Waals surface area contributed by atoms with Crippen molar-refractivity contribution in [3.8, 4) is 5.88 Å². The third kappa shape index (κ3) is 5.45. The number of rotatable bonds is 9. The highest BCUT2D eigenvalue weighted by Gasteiger charge is 2.10. The Balaban J connectivity index is 2.25. The molecule has 102 valence electrons. The molecule has 1 aromatic heterocycles. The highest BCUT2D eigenvalue weighted by molar-refractivity contribution is 5.15. The standard InChI is InChI=1S/C14H24N2O2/c1-3-4-5-6-7-8-9-13(17)12-10-14(18-2)16-11-15-12/h10-11,13,17H,3-9H2,1-2H3. The molecule has 0 saturated heterocycles. The molecule has 0 amide bonds. The molecule has 1 N–H and O–H groups in total. The van der Waals surface area contributed by atoms with Crippen LogP contribution in [0.5, 0.6) is 5.88 Å². The number of ether oxygens (including phenoxy) is 1. The minimum atomic E-state index is -0.506. The maximum Gasteiger partial charge on any atom is 0.216 e. The van der Waals surface area contributed by atoms with E-state index in [-0.39, 0.29) is 0 Å². The molecule has 0 saturated carbocycles. The van der Waals surface area contributed by atoms with E-state index in [0.717, 1.165) is 12.8 Å². The second-order valence-electron chi connectivity index (χ2n) is 4.56. The summed E-state index contributed by atoms with van der Waals surface area (Å²) in [4.78, 5) is 8.00. The number of nitrogens with zero attached hydrogens (tertiary/aromatic N) is 2. The smallest absolute Gasteiger partial charge is 0.216 e. The summed E-state index contributed by atoms with van der Waals surface area (Å²) in [6.07, 6.45) is 9.03. The van der Waals surface area contributed by atoms with Gasteiger partial charge in [-0.25, -0.2) is 9.97 Å². The zero-order valence-corrected chi connectivity index (χ0v) is 11.4. The molecule has 0 fully saturated rings. The van der Waals surface area contributed by atoms with E-state index in [1.807, 2.05) is 0 Å². The summed E-state index contributed by atoms with van der Waals surface area (Å²) in [6.45, 7) is 2.21. The highest BCUT2D eigenvalue weighted by Crippen LogP contribution is 2.20. The lowest BCUT2D eigenvalue weighted by Gasteiger charge is -2.10. The van der Waals surface area contributed by atoms with Crippen LogP contribution in [0.2, 0.25) is 0 Å². The summed E-state index contributed by atoms with van der Waals surface area (Å²) in [5.74, 6) is 0.502. The predicted molar refractivity (Wildman–Crippen MR) is 71.5 cm³/mol. The summed E-state index contributed by atoms with van der Waals surface area (Å²) in [7, 11) is 1.56. The SMILES string of the molecule is CCCCCCCCC(O)c1cc(OC)ncn1. The Bertz CT molecular complexity index is 331. The van der Waals surface area contributed by atoms with Gasteiger partial charge in [-0.05, 0) is 6.42 Å². The van der Waals surface area contributed by atoms with Crippen LogP contribution in [0, 0.1) is 0 Å². The van der Waals surface area contributed by atoms with Crippen molar-refractivity contribution in [2.45, 2.75) is 58.0 Å². The van der Waals surface area contributed by atoms with Crippen LogP contribution in [0.1, 0.15) is 63.7 Å². The van der Waals surface area contributed by atoms with Gasteiger partial charge in [0.2, 0.25) is 5.88 Å². The van der Waals surface area contributed by atoms with Crippen molar-refractivity contribution in [2.75, 3.05) is 7.11 Å². The number of aromatic nitrogens is 2. The zero-order valence-electron chi connectivity index (χ0n) is 11.4. The molecular weight excluding hydrogens is 228 g/mol. The first-order valence-corrected chi connectivity index (χ1v) is 6.82. The van der Waals surface area contributed by atoms with Gasteiger partial charge in [-0.1, -0.05) is 45.4 Å². The average molecular weight is 252 g/mol.